The fourth-order valence-electron chi connectivity index (χ4n) is 2.60. The van der Waals surface area contributed by atoms with Gasteiger partial charge in [0.2, 0.25) is 0 Å². The molecule has 0 spiro atoms. The Balaban J connectivity index is 1.63. The molecule has 4 rings (SSSR count). The Hall–Kier alpha value is -1.53. The Kier molecular flexibility index (Phi) is 2.37. The molecule has 1 fully saturated rings. The molecule has 1 aromatic rings. The minimum Gasteiger partial charge on any atom is -0.372 e. The predicted octanol–water partition coefficient (Wildman–Crippen LogP) is 1.57. The maximum Gasteiger partial charge on any atom is 0.258 e. The number of ether oxygens (including phenoxy) is 1. The van der Waals surface area contributed by atoms with E-state index >= 15 is 0 Å². The van der Waals surface area contributed by atoms with Crippen LogP contribution in [0.25, 0.3) is 6.08 Å². The lowest BCUT2D eigenvalue weighted by Gasteiger charge is -2.37. The van der Waals surface area contributed by atoms with E-state index in [1.807, 2.05) is 29.5 Å². The van der Waals surface area contributed by atoms with Crippen molar-refractivity contribution in [2.75, 3.05) is 6.61 Å². The van der Waals surface area contributed by atoms with E-state index in [0.717, 1.165) is 35.9 Å². The van der Waals surface area contributed by atoms with Crippen molar-refractivity contribution in [3.63, 3.8) is 0 Å². The molecule has 1 atom stereocenters. The fraction of sp³-hybridized carbons (Fsp3) is 0.385. The first-order valence-corrected chi connectivity index (χ1v) is 7.19. The van der Waals surface area contributed by atoms with Crippen molar-refractivity contribution >= 4 is 23.7 Å². The van der Waals surface area contributed by atoms with Crippen molar-refractivity contribution < 1.29 is 9.53 Å². The van der Waals surface area contributed by atoms with Crippen LogP contribution in [0.4, 0.5) is 0 Å². The third-order valence-corrected chi connectivity index (χ3v) is 4.80. The average molecular weight is 275 g/mol. The van der Waals surface area contributed by atoms with Crippen LogP contribution in [0, 0.1) is 0 Å². The zero-order chi connectivity index (χ0) is 13.0. The Morgan fingerprint density at radius 3 is 3.32 bits per heavy atom. The number of carbonyl (C=O) groups excluding carboxylic acids is 1. The highest BCUT2D eigenvalue weighted by molar-refractivity contribution is 8.03. The average Bonchev–Trinajstić information content (AvgIpc) is 2.96. The second-order valence-corrected chi connectivity index (χ2v) is 5.80. The zero-order valence-corrected chi connectivity index (χ0v) is 11.3. The summed E-state index contributed by atoms with van der Waals surface area (Å²) < 4.78 is 7.47. The first-order valence-electron chi connectivity index (χ1n) is 6.25. The van der Waals surface area contributed by atoms with Crippen molar-refractivity contribution in [3.05, 3.63) is 34.4 Å². The first kappa shape index (κ1) is 11.3. The quantitative estimate of drug-likeness (QED) is 0.576. The molecule has 1 amide bonds. The van der Waals surface area contributed by atoms with E-state index in [9.17, 15) is 4.79 Å². The third-order valence-electron chi connectivity index (χ3n) is 3.60. The maximum absolute atomic E-state index is 12.0. The van der Waals surface area contributed by atoms with Crippen molar-refractivity contribution in [3.8, 4) is 0 Å². The number of rotatable bonds is 1. The second kappa shape index (κ2) is 3.98. The van der Waals surface area contributed by atoms with Crippen LogP contribution in [-0.2, 0) is 22.7 Å². The number of hydrogen-bond acceptors (Lipinski definition) is 4. The van der Waals surface area contributed by atoms with E-state index in [0.29, 0.717) is 6.61 Å². The Morgan fingerprint density at radius 2 is 2.47 bits per heavy atom. The summed E-state index contributed by atoms with van der Waals surface area (Å²) in [5.74, 6) is 1.04. The molecule has 98 valence electrons. The highest BCUT2D eigenvalue weighted by atomic mass is 32.2. The molecule has 3 aliphatic heterocycles. The summed E-state index contributed by atoms with van der Waals surface area (Å²) >= 11 is 1.68. The summed E-state index contributed by atoms with van der Waals surface area (Å²) in [6, 6.07) is 0. The Morgan fingerprint density at radius 1 is 1.58 bits per heavy atom. The van der Waals surface area contributed by atoms with Crippen LogP contribution in [0.3, 0.4) is 0 Å². The van der Waals surface area contributed by atoms with Gasteiger partial charge in [-0.3, -0.25) is 9.69 Å². The number of imidazole rings is 1. The molecular formula is C13H13N3O2S. The van der Waals surface area contributed by atoms with Gasteiger partial charge in [-0.2, -0.15) is 0 Å². The minimum absolute atomic E-state index is 0.103. The monoisotopic (exact) mass is 275 g/mol. The second-order valence-electron chi connectivity index (χ2n) is 4.85. The molecular weight excluding hydrogens is 262 g/mol. The van der Waals surface area contributed by atoms with Crippen LogP contribution in [-0.4, -0.2) is 32.3 Å². The molecule has 19 heavy (non-hydrogen) atoms. The smallest absolute Gasteiger partial charge is 0.258 e. The van der Waals surface area contributed by atoms with Crippen LogP contribution < -0.4 is 0 Å². The van der Waals surface area contributed by atoms with E-state index in [1.165, 1.54) is 0 Å². The fourth-order valence-corrected chi connectivity index (χ4v) is 3.74. The molecule has 5 nitrogen and oxygen atoms in total. The molecule has 0 saturated carbocycles. The summed E-state index contributed by atoms with van der Waals surface area (Å²) in [5, 5.41) is 2.19. The Bertz CT molecular complexity index is 608. The lowest BCUT2D eigenvalue weighted by molar-refractivity contribution is -0.130. The molecule has 1 aromatic heterocycles. The van der Waals surface area contributed by atoms with Gasteiger partial charge in [-0.1, -0.05) is 0 Å². The van der Waals surface area contributed by atoms with Crippen molar-refractivity contribution in [2.45, 2.75) is 25.4 Å². The first-order chi connectivity index (χ1) is 9.24. The van der Waals surface area contributed by atoms with Gasteiger partial charge in [0.15, 0.2) is 0 Å². The van der Waals surface area contributed by atoms with Crippen molar-refractivity contribution in [2.24, 2.45) is 0 Å². The number of fused-ring (bicyclic) bond motifs is 2. The van der Waals surface area contributed by atoms with Crippen LogP contribution in [0.5, 0.6) is 0 Å². The maximum atomic E-state index is 12.0. The van der Waals surface area contributed by atoms with E-state index < -0.39 is 0 Å². The van der Waals surface area contributed by atoms with Gasteiger partial charge in [0.1, 0.15) is 17.8 Å². The largest absolute Gasteiger partial charge is 0.372 e. The van der Waals surface area contributed by atoms with E-state index in [4.69, 9.17) is 4.74 Å². The van der Waals surface area contributed by atoms with Gasteiger partial charge in [-0.15, -0.1) is 11.8 Å². The summed E-state index contributed by atoms with van der Waals surface area (Å²) in [5.41, 5.74) is 2.73. The molecule has 1 unspecified atom stereocenters. The van der Waals surface area contributed by atoms with E-state index in [2.05, 4.69) is 9.55 Å². The number of thioether (sulfide) groups is 1. The Labute approximate surface area is 114 Å². The number of carbonyl (C=O) groups is 1. The van der Waals surface area contributed by atoms with Crippen LogP contribution in [0.1, 0.15) is 18.4 Å². The lowest BCUT2D eigenvalue weighted by Crippen LogP contribution is -2.49. The van der Waals surface area contributed by atoms with Gasteiger partial charge in [-0.25, -0.2) is 4.98 Å². The summed E-state index contributed by atoms with van der Waals surface area (Å²) in [7, 11) is 0. The number of aromatic nitrogens is 2. The topological polar surface area (TPSA) is 47.4 Å². The number of nitrogens with zero attached hydrogens (tertiary/aromatic N) is 3. The highest BCUT2D eigenvalue weighted by Gasteiger charge is 2.46. The van der Waals surface area contributed by atoms with Gasteiger partial charge in [0.05, 0.1) is 17.9 Å². The third kappa shape index (κ3) is 1.60. The van der Waals surface area contributed by atoms with E-state index in [1.54, 1.807) is 11.8 Å². The van der Waals surface area contributed by atoms with Gasteiger partial charge in [0.25, 0.3) is 5.91 Å². The van der Waals surface area contributed by atoms with Crippen LogP contribution >= 0.6 is 11.8 Å². The van der Waals surface area contributed by atoms with Gasteiger partial charge >= 0.3 is 0 Å². The number of amides is 1. The molecule has 0 aliphatic carbocycles. The molecule has 4 heterocycles. The molecule has 0 N–H and O–H groups in total. The molecule has 0 bridgehead atoms. The highest BCUT2D eigenvalue weighted by Crippen LogP contribution is 2.44. The van der Waals surface area contributed by atoms with Crippen molar-refractivity contribution in [1.82, 2.24) is 14.5 Å². The van der Waals surface area contributed by atoms with Gasteiger partial charge in [-0.05, 0) is 18.4 Å². The molecule has 0 aromatic carbocycles. The van der Waals surface area contributed by atoms with Gasteiger partial charge in [0, 0.05) is 18.4 Å². The number of allylic oxidation sites excluding steroid dienone is 1. The number of β-lactam (4-membered cyclic amide) rings is 1. The van der Waals surface area contributed by atoms with Crippen LogP contribution in [0.2, 0.25) is 0 Å². The van der Waals surface area contributed by atoms with Gasteiger partial charge < -0.3 is 9.30 Å². The SMILES string of the molecule is CC1=CSC2/C(=C\c3cn4c(n3)COCC4)C(=O)N12. The van der Waals surface area contributed by atoms with Crippen molar-refractivity contribution in [1.29, 1.82) is 0 Å². The number of hydrogen-bond donors (Lipinski definition) is 0. The normalized spacial score (nSPS) is 27.1. The standard InChI is InChI=1S/C13H13N3O2S/c1-8-7-19-13-10(12(17)16(8)13)4-9-5-15-2-3-18-6-11(15)14-9/h4-5,7,13H,2-3,6H2,1H3/b10-4-. The molecule has 3 aliphatic rings. The van der Waals surface area contributed by atoms with Crippen LogP contribution in [0.15, 0.2) is 22.9 Å². The predicted molar refractivity (Wildman–Crippen MR) is 71.8 cm³/mol. The molecule has 1 saturated heterocycles. The lowest BCUT2D eigenvalue weighted by atomic mass is 10.0. The summed E-state index contributed by atoms with van der Waals surface area (Å²) in [4.78, 5) is 18.4. The summed E-state index contributed by atoms with van der Waals surface area (Å²) in [6.45, 7) is 4.09. The van der Waals surface area contributed by atoms with E-state index in [-0.39, 0.29) is 11.3 Å². The summed E-state index contributed by atoms with van der Waals surface area (Å²) in [6.07, 6.45) is 3.91. The molecule has 0 radical (unpaired) electrons. The minimum atomic E-state index is 0.103. The zero-order valence-electron chi connectivity index (χ0n) is 10.5. The molecule has 6 heteroatoms.